The molecule has 4 heteroatoms. The van der Waals surface area contributed by atoms with E-state index in [-0.39, 0.29) is 24.0 Å². The Bertz CT molecular complexity index is 361. The van der Waals surface area contributed by atoms with Gasteiger partial charge in [0.2, 0.25) is 0 Å². The van der Waals surface area contributed by atoms with Crippen molar-refractivity contribution in [2.75, 3.05) is 7.11 Å². The number of aryl methyl sites for hydroxylation is 1. The van der Waals surface area contributed by atoms with E-state index in [2.05, 4.69) is 26.1 Å². The molecular weight excluding hydrogens is 242 g/mol. The molecular formula is C15H25NO3. The molecule has 3 unspecified atom stereocenters. The minimum Gasteiger partial charge on any atom is -0.469 e. The molecule has 0 aliphatic heterocycles. The number of methoxy groups -OCH3 is 1. The summed E-state index contributed by atoms with van der Waals surface area (Å²) >= 11 is 0. The van der Waals surface area contributed by atoms with Crippen LogP contribution in [0.4, 0.5) is 0 Å². The average molecular weight is 267 g/mol. The van der Waals surface area contributed by atoms with Crippen molar-refractivity contribution in [2.45, 2.75) is 52.1 Å². The predicted molar refractivity (Wildman–Crippen MR) is 74.9 cm³/mol. The minimum absolute atomic E-state index is 0.181. The van der Waals surface area contributed by atoms with E-state index in [1.165, 1.54) is 7.11 Å². The van der Waals surface area contributed by atoms with Crippen molar-refractivity contribution in [1.82, 2.24) is 5.32 Å². The Morgan fingerprint density at radius 3 is 2.74 bits per heavy atom. The maximum Gasteiger partial charge on any atom is 0.323 e. The number of ether oxygens (including phenoxy) is 1. The lowest BCUT2D eigenvalue weighted by molar-refractivity contribution is -0.144. The Balaban J connectivity index is 2.46. The first-order valence-electron chi connectivity index (χ1n) is 6.94. The summed E-state index contributed by atoms with van der Waals surface area (Å²) < 4.78 is 10.2. The molecule has 0 spiro atoms. The number of esters is 1. The van der Waals surface area contributed by atoms with E-state index in [4.69, 9.17) is 9.15 Å². The normalized spacial score (nSPS) is 15.8. The van der Waals surface area contributed by atoms with Crippen molar-refractivity contribution < 1.29 is 13.9 Å². The summed E-state index contributed by atoms with van der Waals surface area (Å²) in [5, 5.41) is 3.36. The van der Waals surface area contributed by atoms with Crippen molar-refractivity contribution in [3.05, 3.63) is 24.2 Å². The fraction of sp³-hybridized carbons (Fsp3) is 0.667. The molecule has 1 rings (SSSR count). The van der Waals surface area contributed by atoms with Gasteiger partial charge in [0.1, 0.15) is 11.8 Å². The first kappa shape index (κ1) is 15.8. The lowest BCUT2D eigenvalue weighted by Gasteiger charge is -2.25. The molecule has 0 saturated carbocycles. The zero-order valence-electron chi connectivity index (χ0n) is 12.3. The third kappa shape index (κ3) is 5.07. The van der Waals surface area contributed by atoms with Gasteiger partial charge in [-0.05, 0) is 31.4 Å². The standard InChI is InChI=1S/C15H25NO3/c1-5-11(2)14(15(17)18-4)16-12(3)8-9-13-7-6-10-19-13/h6-7,10-12,14,16H,5,8-9H2,1-4H3. The molecule has 0 bridgehead atoms. The van der Waals surface area contributed by atoms with Gasteiger partial charge >= 0.3 is 5.97 Å². The van der Waals surface area contributed by atoms with Crippen molar-refractivity contribution in [3.63, 3.8) is 0 Å². The second-order valence-corrected chi connectivity index (χ2v) is 5.07. The third-order valence-electron chi connectivity index (χ3n) is 3.54. The maximum absolute atomic E-state index is 11.8. The fourth-order valence-electron chi connectivity index (χ4n) is 2.03. The van der Waals surface area contributed by atoms with E-state index < -0.39 is 0 Å². The van der Waals surface area contributed by atoms with Crippen LogP contribution in [0.5, 0.6) is 0 Å². The topological polar surface area (TPSA) is 51.5 Å². The zero-order valence-corrected chi connectivity index (χ0v) is 12.3. The molecule has 1 heterocycles. The van der Waals surface area contributed by atoms with Crippen LogP contribution in [0.25, 0.3) is 0 Å². The van der Waals surface area contributed by atoms with Crippen LogP contribution in [0, 0.1) is 5.92 Å². The predicted octanol–water partition coefficient (Wildman–Crippen LogP) is 2.78. The maximum atomic E-state index is 11.8. The molecule has 3 atom stereocenters. The van der Waals surface area contributed by atoms with Crippen molar-refractivity contribution in [2.24, 2.45) is 5.92 Å². The Kier molecular flexibility index (Phi) is 6.64. The van der Waals surface area contributed by atoms with Gasteiger partial charge in [-0.2, -0.15) is 0 Å². The fourth-order valence-corrected chi connectivity index (χ4v) is 2.03. The van der Waals surface area contributed by atoms with Gasteiger partial charge < -0.3 is 14.5 Å². The summed E-state index contributed by atoms with van der Waals surface area (Å²) in [6, 6.07) is 3.87. The van der Waals surface area contributed by atoms with Crippen LogP contribution < -0.4 is 5.32 Å². The van der Waals surface area contributed by atoms with E-state index in [1.54, 1.807) is 6.26 Å². The summed E-state index contributed by atoms with van der Waals surface area (Å²) in [6.45, 7) is 6.23. The number of hydrogen-bond donors (Lipinski definition) is 1. The van der Waals surface area contributed by atoms with Gasteiger partial charge in [-0.15, -0.1) is 0 Å². The van der Waals surface area contributed by atoms with Gasteiger partial charge in [-0.25, -0.2) is 0 Å². The van der Waals surface area contributed by atoms with Crippen molar-refractivity contribution >= 4 is 5.97 Å². The number of rotatable bonds is 8. The monoisotopic (exact) mass is 267 g/mol. The molecule has 0 aliphatic carbocycles. The van der Waals surface area contributed by atoms with Crippen molar-refractivity contribution in [3.8, 4) is 0 Å². The molecule has 1 aromatic rings. The van der Waals surface area contributed by atoms with Crippen LogP contribution in [0.2, 0.25) is 0 Å². The SMILES string of the molecule is CCC(C)C(NC(C)CCc1ccco1)C(=O)OC. The number of nitrogens with one attached hydrogen (secondary N) is 1. The zero-order chi connectivity index (χ0) is 14.3. The van der Waals surface area contributed by atoms with Crippen molar-refractivity contribution in [1.29, 1.82) is 0 Å². The lowest BCUT2D eigenvalue weighted by atomic mass is 9.97. The van der Waals surface area contributed by atoms with E-state index in [9.17, 15) is 4.79 Å². The number of carbonyl (C=O) groups excluding carboxylic acids is 1. The highest BCUT2D eigenvalue weighted by Crippen LogP contribution is 2.12. The van der Waals surface area contributed by atoms with Crippen LogP contribution in [0.1, 0.15) is 39.4 Å². The Hall–Kier alpha value is -1.29. The van der Waals surface area contributed by atoms with Gasteiger partial charge in [-0.1, -0.05) is 20.3 Å². The highest BCUT2D eigenvalue weighted by Gasteiger charge is 2.25. The molecule has 19 heavy (non-hydrogen) atoms. The molecule has 108 valence electrons. The Morgan fingerprint density at radius 1 is 1.47 bits per heavy atom. The summed E-state index contributed by atoms with van der Waals surface area (Å²) in [7, 11) is 1.44. The second-order valence-electron chi connectivity index (χ2n) is 5.07. The van der Waals surface area contributed by atoms with E-state index in [1.807, 2.05) is 12.1 Å². The first-order chi connectivity index (χ1) is 9.08. The largest absolute Gasteiger partial charge is 0.469 e. The first-order valence-corrected chi connectivity index (χ1v) is 6.94. The average Bonchev–Trinajstić information content (AvgIpc) is 2.94. The van der Waals surface area contributed by atoms with Gasteiger partial charge in [0.25, 0.3) is 0 Å². The number of carbonyl (C=O) groups is 1. The Labute approximate surface area is 115 Å². The summed E-state index contributed by atoms with van der Waals surface area (Å²) in [4.78, 5) is 11.8. The molecule has 0 fully saturated rings. The van der Waals surface area contributed by atoms with E-state index >= 15 is 0 Å². The summed E-state index contributed by atoms with van der Waals surface area (Å²) in [5.74, 6) is 1.06. The second kappa shape index (κ2) is 8.00. The Morgan fingerprint density at radius 2 is 2.21 bits per heavy atom. The molecule has 1 aromatic heterocycles. The summed E-state index contributed by atoms with van der Waals surface area (Å²) in [6.07, 6.45) is 4.43. The van der Waals surface area contributed by atoms with E-state index in [0.29, 0.717) is 0 Å². The number of furan rings is 1. The molecule has 4 nitrogen and oxygen atoms in total. The highest BCUT2D eigenvalue weighted by molar-refractivity contribution is 5.76. The molecule has 0 amide bonds. The molecule has 0 radical (unpaired) electrons. The van der Waals surface area contributed by atoms with Crippen LogP contribution in [0.15, 0.2) is 22.8 Å². The van der Waals surface area contributed by atoms with Crippen LogP contribution in [-0.4, -0.2) is 25.2 Å². The van der Waals surface area contributed by atoms with Gasteiger partial charge in [0.05, 0.1) is 13.4 Å². The van der Waals surface area contributed by atoms with Crippen LogP contribution >= 0.6 is 0 Å². The van der Waals surface area contributed by atoms with E-state index in [0.717, 1.165) is 25.0 Å². The van der Waals surface area contributed by atoms with Gasteiger partial charge in [0, 0.05) is 12.5 Å². The quantitative estimate of drug-likeness (QED) is 0.736. The van der Waals surface area contributed by atoms with Crippen LogP contribution in [-0.2, 0) is 16.0 Å². The van der Waals surface area contributed by atoms with Gasteiger partial charge in [-0.3, -0.25) is 4.79 Å². The highest BCUT2D eigenvalue weighted by atomic mass is 16.5. The molecule has 0 saturated heterocycles. The minimum atomic E-state index is -0.235. The smallest absolute Gasteiger partial charge is 0.323 e. The molecule has 0 aliphatic rings. The molecule has 0 aromatic carbocycles. The third-order valence-corrected chi connectivity index (χ3v) is 3.54. The lowest BCUT2D eigenvalue weighted by Crippen LogP contribution is -2.46. The number of hydrogen-bond acceptors (Lipinski definition) is 4. The molecule has 1 N–H and O–H groups in total. The van der Waals surface area contributed by atoms with Gasteiger partial charge in [0.15, 0.2) is 0 Å². The summed E-state index contributed by atoms with van der Waals surface area (Å²) in [5.41, 5.74) is 0. The van der Waals surface area contributed by atoms with Crippen LogP contribution in [0.3, 0.4) is 0 Å².